The number of fused-ring (bicyclic) bond motifs is 1. The lowest BCUT2D eigenvalue weighted by atomic mass is 9.83. The number of aryl methyl sites for hydroxylation is 1. The van der Waals surface area contributed by atoms with Crippen molar-refractivity contribution < 1.29 is 9.59 Å². The molecule has 186 valence electrons. The van der Waals surface area contributed by atoms with Gasteiger partial charge in [0.05, 0.1) is 23.6 Å². The molecular formula is C30H34N4O2. The molecule has 0 bridgehead atoms. The molecule has 2 amide bonds. The van der Waals surface area contributed by atoms with Gasteiger partial charge in [0.2, 0.25) is 11.8 Å². The Morgan fingerprint density at radius 2 is 1.61 bits per heavy atom. The molecule has 0 saturated carbocycles. The van der Waals surface area contributed by atoms with Crippen LogP contribution in [-0.2, 0) is 22.6 Å². The second-order valence-electron chi connectivity index (χ2n) is 9.85. The smallest absolute Gasteiger partial charge is 0.247 e. The van der Waals surface area contributed by atoms with Crippen molar-refractivity contribution in [2.24, 2.45) is 11.8 Å². The minimum absolute atomic E-state index is 0.0158. The Morgan fingerprint density at radius 1 is 0.917 bits per heavy atom. The molecule has 2 fully saturated rings. The molecule has 2 heterocycles. The van der Waals surface area contributed by atoms with Gasteiger partial charge in [-0.05, 0) is 48.2 Å². The maximum atomic E-state index is 13.6. The molecule has 2 aliphatic heterocycles. The van der Waals surface area contributed by atoms with Gasteiger partial charge >= 0.3 is 0 Å². The lowest BCUT2D eigenvalue weighted by Gasteiger charge is -2.38. The third-order valence-electron chi connectivity index (χ3n) is 7.23. The van der Waals surface area contributed by atoms with Gasteiger partial charge in [-0.25, -0.2) is 10.4 Å². The number of nitrogens with one attached hydrogen (secondary N) is 2. The van der Waals surface area contributed by atoms with Crippen LogP contribution in [0.25, 0.3) is 0 Å². The molecule has 0 radical (unpaired) electrons. The molecular weight excluding hydrogens is 448 g/mol. The van der Waals surface area contributed by atoms with Gasteiger partial charge in [0.15, 0.2) is 0 Å². The topological polar surface area (TPSA) is 64.7 Å². The molecule has 3 atom stereocenters. The number of likely N-dealkylation sites (tertiary alicyclic amines) is 1. The van der Waals surface area contributed by atoms with E-state index in [4.69, 9.17) is 0 Å². The number of benzene rings is 3. The number of para-hydroxylation sites is 1. The number of rotatable bonds is 8. The van der Waals surface area contributed by atoms with E-state index in [0.717, 1.165) is 30.6 Å². The fourth-order valence-electron chi connectivity index (χ4n) is 5.29. The van der Waals surface area contributed by atoms with E-state index in [-0.39, 0.29) is 29.7 Å². The van der Waals surface area contributed by atoms with E-state index in [1.807, 2.05) is 60.7 Å². The molecule has 2 aliphatic rings. The van der Waals surface area contributed by atoms with Crippen LogP contribution in [0.3, 0.4) is 0 Å². The molecule has 0 aliphatic carbocycles. The molecule has 36 heavy (non-hydrogen) atoms. The van der Waals surface area contributed by atoms with Gasteiger partial charge in [0.25, 0.3) is 0 Å². The number of hydrazine groups is 1. The number of carbonyl (C=O) groups excluding carboxylic acids is 2. The summed E-state index contributed by atoms with van der Waals surface area (Å²) < 4.78 is 0. The minimum Gasteiger partial charge on any atom is -0.326 e. The van der Waals surface area contributed by atoms with Crippen molar-refractivity contribution >= 4 is 23.2 Å². The van der Waals surface area contributed by atoms with Crippen molar-refractivity contribution in [1.29, 1.82) is 0 Å². The van der Waals surface area contributed by atoms with Crippen LogP contribution in [0.15, 0.2) is 84.9 Å². The number of carbonyl (C=O) groups is 2. The van der Waals surface area contributed by atoms with Crippen molar-refractivity contribution in [2.45, 2.75) is 38.8 Å². The van der Waals surface area contributed by atoms with E-state index in [1.165, 1.54) is 11.1 Å². The zero-order valence-corrected chi connectivity index (χ0v) is 20.8. The number of hydrogen-bond donors (Lipinski definition) is 2. The molecule has 6 heteroatoms. The second-order valence-corrected chi connectivity index (χ2v) is 9.85. The summed E-state index contributed by atoms with van der Waals surface area (Å²) in [4.78, 5) is 29.3. The van der Waals surface area contributed by atoms with E-state index in [2.05, 4.69) is 46.8 Å². The number of unbranched alkanes of at least 4 members (excludes halogenated alkanes) is 1. The van der Waals surface area contributed by atoms with Crippen LogP contribution in [0.4, 0.5) is 11.4 Å². The fraction of sp³-hybridized carbons (Fsp3) is 0.333. The van der Waals surface area contributed by atoms with Crippen molar-refractivity contribution in [3.05, 3.63) is 96.1 Å². The highest BCUT2D eigenvalue weighted by Gasteiger charge is 2.50. The lowest BCUT2D eigenvalue weighted by Crippen LogP contribution is -2.55. The Balaban J connectivity index is 1.36. The maximum absolute atomic E-state index is 13.6. The summed E-state index contributed by atoms with van der Waals surface area (Å²) in [6.07, 6.45) is 3.37. The van der Waals surface area contributed by atoms with Gasteiger partial charge in [0.1, 0.15) is 0 Å². The molecule has 3 unspecified atom stereocenters. The van der Waals surface area contributed by atoms with Crippen LogP contribution in [0.5, 0.6) is 0 Å². The average Bonchev–Trinajstić information content (AvgIpc) is 3.25. The van der Waals surface area contributed by atoms with Crippen LogP contribution in [-0.4, -0.2) is 35.8 Å². The third kappa shape index (κ3) is 5.35. The predicted molar refractivity (Wildman–Crippen MR) is 143 cm³/mol. The van der Waals surface area contributed by atoms with E-state index in [9.17, 15) is 9.59 Å². The van der Waals surface area contributed by atoms with Crippen LogP contribution in [0.2, 0.25) is 0 Å². The predicted octanol–water partition coefficient (Wildman–Crippen LogP) is 4.64. The molecule has 5 rings (SSSR count). The van der Waals surface area contributed by atoms with E-state index < -0.39 is 0 Å². The van der Waals surface area contributed by atoms with Crippen molar-refractivity contribution in [3.63, 3.8) is 0 Å². The van der Waals surface area contributed by atoms with E-state index >= 15 is 0 Å². The Kier molecular flexibility index (Phi) is 7.44. The summed E-state index contributed by atoms with van der Waals surface area (Å²) in [7, 11) is 0. The van der Waals surface area contributed by atoms with Crippen LogP contribution >= 0.6 is 0 Å². The first kappa shape index (κ1) is 24.2. The molecule has 3 aromatic rings. The van der Waals surface area contributed by atoms with Crippen LogP contribution < -0.4 is 15.8 Å². The Bertz CT molecular complexity index is 1170. The fourth-order valence-corrected chi connectivity index (χ4v) is 5.29. The monoisotopic (exact) mass is 482 g/mol. The third-order valence-corrected chi connectivity index (χ3v) is 7.23. The van der Waals surface area contributed by atoms with E-state index in [0.29, 0.717) is 19.6 Å². The highest BCUT2D eigenvalue weighted by Crippen LogP contribution is 2.33. The van der Waals surface area contributed by atoms with E-state index in [1.54, 1.807) is 5.01 Å². The van der Waals surface area contributed by atoms with Crippen molar-refractivity contribution in [2.75, 3.05) is 23.4 Å². The van der Waals surface area contributed by atoms with Crippen molar-refractivity contribution in [3.8, 4) is 0 Å². The molecule has 2 N–H and O–H groups in total. The first-order chi connectivity index (χ1) is 17.6. The first-order valence-corrected chi connectivity index (χ1v) is 12.9. The summed E-state index contributed by atoms with van der Waals surface area (Å²) in [5, 5.41) is 4.76. The molecule has 2 saturated heterocycles. The largest absolute Gasteiger partial charge is 0.326 e. The minimum atomic E-state index is -0.370. The van der Waals surface area contributed by atoms with Crippen molar-refractivity contribution in [1.82, 2.24) is 10.3 Å². The zero-order chi connectivity index (χ0) is 24.9. The van der Waals surface area contributed by atoms with Gasteiger partial charge in [0, 0.05) is 25.3 Å². The van der Waals surface area contributed by atoms with Crippen LogP contribution in [0.1, 0.15) is 30.9 Å². The molecule has 3 aromatic carbocycles. The standard InChI is InChI=1S/C30H34N4O2/c1-2-3-10-22-15-17-24(18-16-22)31-29(35)26-20-33(19-23-11-6-4-7-12-23)21-27-28(26)32-34(30(27)36)25-13-8-5-9-14-25/h4-9,11-18,26-28,32H,2-3,10,19-21H2,1H3,(H,31,35). The highest BCUT2D eigenvalue weighted by molar-refractivity contribution is 6.00. The summed E-state index contributed by atoms with van der Waals surface area (Å²) in [5.41, 5.74) is 7.44. The van der Waals surface area contributed by atoms with Gasteiger partial charge in [-0.3, -0.25) is 14.5 Å². The van der Waals surface area contributed by atoms with Gasteiger partial charge in [-0.2, -0.15) is 0 Å². The number of hydrogen-bond acceptors (Lipinski definition) is 4. The Morgan fingerprint density at radius 3 is 2.31 bits per heavy atom. The summed E-state index contributed by atoms with van der Waals surface area (Å²) >= 11 is 0. The summed E-state index contributed by atoms with van der Waals surface area (Å²) in [6.45, 7) is 4.09. The number of amides is 2. The lowest BCUT2D eigenvalue weighted by molar-refractivity contribution is -0.126. The normalized spacial score (nSPS) is 21.9. The molecule has 0 spiro atoms. The highest BCUT2D eigenvalue weighted by atomic mass is 16.2. The molecule has 6 nitrogen and oxygen atoms in total. The van der Waals surface area contributed by atoms with Gasteiger partial charge in [-0.15, -0.1) is 0 Å². The zero-order valence-electron chi connectivity index (χ0n) is 20.8. The Hall–Kier alpha value is -3.48. The van der Waals surface area contributed by atoms with Gasteiger partial charge < -0.3 is 5.32 Å². The quantitative estimate of drug-likeness (QED) is 0.491. The molecule has 0 aromatic heterocycles. The number of piperidine rings is 1. The Labute approximate surface area is 213 Å². The number of anilines is 2. The summed E-state index contributed by atoms with van der Waals surface area (Å²) in [6, 6.07) is 27.7. The first-order valence-electron chi connectivity index (χ1n) is 12.9. The summed E-state index contributed by atoms with van der Waals surface area (Å²) in [5.74, 6) is -0.707. The maximum Gasteiger partial charge on any atom is 0.247 e. The average molecular weight is 483 g/mol. The number of nitrogens with zero attached hydrogens (tertiary/aromatic N) is 2. The SMILES string of the molecule is CCCCc1ccc(NC(=O)C2CN(Cc3ccccc3)CC3C(=O)N(c4ccccc4)NC23)cc1. The second kappa shape index (κ2) is 11.1. The van der Waals surface area contributed by atoms with Gasteiger partial charge in [-0.1, -0.05) is 74.0 Å². The van der Waals surface area contributed by atoms with Crippen LogP contribution in [0, 0.1) is 11.8 Å².